The third-order valence-electron chi connectivity index (χ3n) is 3.78. The Kier molecular flexibility index (Phi) is 6.06. The Hall–Kier alpha value is -1.07. The molecule has 0 unspecified atom stereocenters. The number of methoxy groups -OCH3 is 1. The summed E-state index contributed by atoms with van der Waals surface area (Å²) >= 11 is 1.74. The van der Waals surface area contributed by atoms with Crippen LogP contribution in [-0.2, 0) is 16.1 Å². The second-order valence-electron chi connectivity index (χ2n) is 5.72. The molecule has 0 bridgehead atoms. The van der Waals surface area contributed by atoms with E-state index >= 15 is 0 Å². The van der Waals surface area contributed by atoms with Gasteiger partial charge in [-0.2, -0.15) is 0 Å². The lowest BCUT2D eigenvalue weighted by Gasteiger charge is -2.12. The van der Waals surface area contributed by atoms with Crippen molar-refractivity contribution < 1.29 is 9.53 Å². The van der Waals surface area contributed by atoms with Crippen LogP contribution < -0.4 is 5.32 Å². The van der Waals surface area contributed by atoms with Gasteiger partial charge in [0.15, 0.2) is 0 Å². The lowest BCUT2D eigenvalue weighted by molar-refractivity contribution is -0.141. The van der Waals surface area contributed by atoms with Gasteiger partial charge in [0.05, 0.1) is 18.6 Å². The highest BCUT2D eigenvalue weighted by Gasteiger charge is 2.44. The maximum atomic E-state index is 11.4. The molecule has 0 atom stereocenters. The van der Waals surface area contributed by atoms with Gasteiger partial charge >= 0.3 is 5.97 Å². The molecule has 1 aliphatic rings. The van der Waals surface area contributed by atoms with Crippen LogP contribution in [0.2, 0.25) is 0 Å². The second kappa shape index (κ2) is 7.80. The quantitative estimate of drug-likeness (QED) is 0.432. The summed E-state index contributed by atoms with van der Waals surface area (Å²) in [4.78, 5) is 15.9. The van der Waals surface area contributed by atoms with Gasteiger partial charge in [-0.1, -0.05) is 13.0 Å². The standard InChI is InChI=1S/C16H24N2O2S/c1-3-8-17-10-13-4-5-14(18-11-13)21-12-16(6-7-16)9-15(19)20-2/h4-5,11,17H,3,6-10,12H2,1-2H3. The monoisotopic (exact) mass is 308 g/mol. The molecule has 0 amide bonds. The number of aromatic nitrogens is 1. The van der Waals surface area contributed by atoms with Crippen LogP contribution in [0.3, 0.4) is 0 Å². The smallest absolute Gasteiger partial charge is 0.306 e. The fraction of sp³-hybridized carbons (Fsp3) is 0.625. The van der Waals surface area contributed by atoms with Crippen LogP contribution in [0.15, 0.2) is 23.4 Å². The molecule has 0 aromatic carbocycles. The zero-order chi connectivity index (χ0) is 15.1. The molecule has 2 rings (SSSR count). The number of esters is 1. The van der Waals surface area contributed by atoms with E-state index in [0.717, 1.165) is 43.1 Å². The van der Waals surface area contributed by atoms with E-state index in [1.807, 2.05) is 6.20 Å². The van der Waals surface area contributed by atoms with Crippen molar-refractivity contribution in [1.82, 2.24) is 10.3 Å². The highest BCUT2D eigenvalue weighted by Crippen LogP contribution is 2.51. The predicted molar refractivity (Wildman–Crippen MR) is 85.3 cm³/mol. The summed E-state index contributed by atoms with van der Waals surface area (Å²) in [5.41, 5.74) is 1.37. The molecule has 4 nitrogen and oxygen atoms in total. The SMILES string of the molecule is CCCNCc1ccc(SCC2(CC(=O)OC)CC2)nc1. The van der Waals surface area contributed by atoms with Crippen molar-refractivity contribution >= 4 is 17.7 Å². The van der Waals surface area contributed by atoms with Gasteiger partial charge in [-0.05, 0) is 42.9 Å². The summed E-state index contributed by atoms with van der Waals surface area (Å²) in [7, 11) is 1.46. The Morgan fingerprint density at radius 2 is 2.29 bits per heavy atom. The zero-order valence-corrected chi connectivity index (χ0v) is 13.7. The van der Waals surface area contributed by atoms with Crippen molar-refractivity contribution in [3.63, 3.8) is 0 Å². The predicted octanol–water partition coefficient (Wildman–Crippen LogP) is 3.02. The first-order chi connectivity index (χ1) is 10.2. The van der Waals surface area contributed by atoms with E-state index in [9.17, 15) is 4.79 Å². The van der Waals surface area contributed by atoms with Crippen molar-refractivity contribution in [2.45, 2.75) is 44.2 Å². The van der Waals surface area contributed by atoms with E-state index in [-0.39, 0.29) is 11.4 Å². The maximum absolute atomic E-state index is 11.4. The van der Waals surface area contributed by atoms with Gasteiger partial charge in [0, 0.05) is 18.5 Å². The van der Waals surface area contributed by atoms with Crippen molar-refractivity contribution in [2.24, 2.45) is 5.41 Å². The first-order valence-electron chi connectivity index (χ1n) is 7.53. The number of pyridine rings is 1. The summed E-state index contributed by atoms with van der Waals surface area (Å²) in [5.74, 6) is 0.848. The van der Waals surface area contributed by atoms with Gasteiger partial charge in [-0.25, -0.2) is 4.98 Å². The summed E-state index contributed by atoms with van der Waals surface area (Å²) in [6.45, 7) is 4.07. The molecule has 5 heteroatoms. The largest absolute Gasteiger partial charge is 0.469 e. The Bertz CT molecular complexity index is 458. The Labute approximate surface area is 131 Å². The van der Waals surface area contributed by atoms with Gasteiger partial charge < -0.3 is 10.1 Å². The average molecular weight is 308 g/mol. The van der Waals surface area contributed by atoms with Crippen LogP contribution >= 0.6 is 11.8 Å². The molecule has 116 valence electrons. The van der Waals surface area contributed by atoms with Crippen molar-refractivity contribution in [3.05, 3.63) is 23.9 Å². The molecule has 1 fully saturated rings. The second-order valence-corrected chi connectivity index (χ2v) is 6.72. The number of nitrogens with one attached hydrogen (secondary N) is 1. The van der Waals surface area contributed by atoms with Crippen molar-refractivity contribution in [1.29, 1.82) is 0 Å². The Balaban J connectivity index is 1.77. The number of carbonyl (C=O) groups excluding carboxylic acids is 1. The van der Waals surface area contributed by atoms with E-state index in [0.29, 0.717) is 6.42 Å². The normalized spacial score (nSPS) is 15.7. The summed E-state index contributed by atoms with van der Waals surface area (Å²) < 4.78 is 4.77. The molecule has 21 heavy (non-hydrogen) atoms. The van der Waals surface area contributed by atoms with E-state index in [4.69, 9.17) is 4.74 Å². The fourth-order valence-corrected chi connectivity index (χ4v) is 3.30. The summed E-state index contributed by atoms with van der Waals surface area (Å²) in [6, 6.07) is 4.19. The van der Waals surface area contributed by atoms with E-state index in [1.54, 1.807) is 11.8 Å². The van der Waals surface area contributed by atoms with Crippen LogP contribution in [-0.4, -0.2) is 30.4 Å². The van der Waals surface area contributed by atoms with Gasteiger partial charge in [0.1, 0.15) is 0 Å². The summed E-state index contributed by atoms with van der Waals surface area (Å²) in [6.07, 6.45) is 5.85. The zero-order valence-electron chi connectivity index (χ0n) is 12.9. The van der Waals surface area contributed by atoms with E-state index in [1.165, 1.54) is 12.7 Å². The Morgan fingerprint density at radius 1 is 1.48 bits per heavy atom. The summed E-state index contributed by atoms with van der Waals surface area (Å²) in [5, 5.41) is 4.40. The molecule has 1 N–H and O–H groups in total. The topological polar surface area (TPSA) is 51.2 Å². The minimum absolute atomic E-state index is 0.0987. The number of hydrogen-bond acceptors (Lipinski definition) is 5. The van der Waals surface area contributed by atoms with Crippen LogP contribution in [0, 0.1) is 5.41 Å². The van der Waals surface area contributed by atoms with Gasteiger partial charge in [-0.3, -0.25) is 4.79 Å². The van der Waals surface area contributed by atoms with Gasteiger partial charge in [0.2, 0.25) is 0 Å². The third-order valence-corrected chi connectivity index (χ3v) is 5.08. The van der Waals surface area contributed by atoms with Gasteiger partial charge in [-0.15, -0.1) is 11.8 Å². The van der Waals surface area contributed by atoms with Crippen LogP contribution in [0.25, 0.3) is 0 Å². The van der Waals surface area contributed by atoms with E-state index < -0.39 is 0 Å². The number of hydrogen-bond donors (Lipinski definition) is 1. The third kappa shape index (κ3) is 5.32. The minimum atomic E-state index is -0.0987. The minimum Gasteiger partial charge on any atom is -0.469 e. The molecule has 0 aliphatic heterocycles. The molecule has 1 aromatic heterocycles. The molecule has 0 spiro atoms. The van der Waals surface area contributed by atoms with Crippen LogP contribution in [0.5, 0.6) is 0 Å². The van der Waals surface area contributed by atoms with Crippen molar-refractivity contribution in [2.75, 3.05) is 19.4 Å². The fourth-order valence-electron chi connectivity index (χ4n) is 2.16. The molecule has 1 aromatic rings. The maximum Gasteiger partial charge on any atom is 0.306 e. The number of carbonyl (C=O) groups is 1. The molecule has 1 aliphatic carbocycles. The Morgan fingerprint density at radius 3 is 2.86 bits per heavy atom. The molecule has 0 radical (unpaired) electrons. The van der Waals surface area contributed by atoms with E-state index in [2.05, 4.69) is 29.4 Å². The molecule has 1 saturated carbocycles. The number of ether oxygens (including phenoxy) is 1. The highest BCUT2D eigenvalue weighted by molar-refractivity contribution is 7.99. The highest BCUT2D eigenvalue weighted by atomic mass is 32.2. The van der Waals surface area contributed by atoms with Crippen LogP contribution in [0.1, 0.15) is 38.2 Å². The number of rotatable bonds is 9. The van der Waals surface area contributed by atoms with Crippen molar-refractivity contribution in [3.8, 4) is 0 Å². The number of nitrogens with zero attached hydrogens (tertiary/aromatic N) is 1. The lowest BCUT2D eigenvalue weighted by Crippen LogP contribution is -2.14. The van der Waals surface area contributed by atoms with Crippen LogP contribution in [0.4, 0.5) is 0 Å². The molecular formula is C16H24N2O2S. The molecular weight excluding hydrogens is 284 g/mol. The first kappa shape index (κ1) is 16.3. The molecule has 0 saturated heterocycles. The molecule has 1 heterocycles. The van der Waals surface area contributed by atoms with Gasteiger partial charge in [0.25, 0.3) is 0 Å². The first-order valence-corrected chi connectivity index (χ1v) is 8.51. The number of thioether (sulfide) groups is 1. The average Bonchev–Trinajstić information content (AvgIpc) is 3.26. The lowest BCUT2D eigenvalue weighted by atomic mass is 10.1.